The molecule has 1 unspecified atom stereocenters. The Hall–Kier alpha value is -1.03. The molecule has 3 nitrogen and oxygen atoms in total. The van der Waals surface area contributed by atoms with Gasteiger partial charge in [-0.15, -0.1) is 11.3 Å². The summed E-state index contributed by atoms with van der Waals surface area (Å²) in [5.41, 5.74) is 2.02. The Balaban J connectivity index is 1.92. The number of hydrogen-bond acceptors (Lipinski definition) is 3. The molecular formula is C9H10N2OS. The number of carbonyl (C=O) groups excluding carboxylic acids is 1. The van der Waals surface area contributed by atoms with E-state index in [1.54, 1.807) is 11.3 Å². The fourth-order valence-electron chi connectivity index (χ4n) is 1.71. The summed E-state index contributed by atoms with van der Waals surface area (Å²) in [5, 5.41) is 10.2. The van der Waals surface area contributed by atoms with Gasteiger partial charge in [0.15, 0.2) is 0 Å². The average molecular weight is 194 g/mol. The Labute approximate surface area is 80.1 Å². The van der Waals surface area contributed by atoms with Crippen LogP contribution in [-0.2, 0) is 4.79 Å². The smallest absolute Gasteiger partial charge is 0.247 e. The van der Waals surface area contributed by atoms with Crippen LogP contribution in [0.3, 0.4) is 0 Å². The standard InChI is InChI=1S/C9H10N2OS/c12-9-8(5-1-2-5)10-6-3-13-4-7(6)11-9/h3-5,8,10H,1-2H2,(H,11,12). The molecule has 68 valence electrons. The molecule has 13 heavy (non-hydrogen) atoms. The Morgan fingerprint density at radius 2 is 2.08 bits per heavy atom. The number of fused-ring (bicyclic) bond motifs is 1. The molecule has 0 saturated heterocycles. The van der Waals surface area contributed by atoms with Crippen molar-refractivity contribution in [2.45, 2.75) is 18.9 Å². The number of carbonyl (C=O) groups is 1. The third-order valence-corrected chi connectivity index (χ3v) is 3.35. The van der Waals surface area contributed by atoms with Crippen LogP contribution in [0.4, 0.5) is 11.4 Å². The molecule has 1 aromatic heterocycles. The highest BCUT2D eigenvalue weighted by atomic mass is 32.1. The van der Waals surface area contributed by atoms with Crippen LogP contribution in [-0.4, -0.2) is 11.9 Å². The lowest BCUT2D eigenvalue weighted by atomic mass is 10.1. The molecule has 1 aromatic rings. The minimum absolute atomic E-state index is 0.0158. The summed E-state index contributed by atoms with van der Waals surface area (Å²) in [6.45, 7) is 0. The van der Waals surface area contributed by atoms with Crippen molar-refractivity contribution in [3.05, 3.63) is 10.8 Å². The van der Waals surface area contributed by atoms with Crippen LogP contribution in [0.25, 0.3) is 0 Å². The Bertz CT molecular complexity index is 356. The lowest BCUT2D eigenvalue weighted by Gasteiger charge is -2.24. The first-order valence-electron chi connectivity index (χ1n) is 4.48. The summed E-state index contributed by atoms with van der Waals surface area (Å²) in [6, 6.07) is 0.0158. The molecule has 4 heteroatoms. The van der Waals surface area contributed by atoms with Crippen molar-refractivity contribution in [2.75, 3.05) is 10.6 Å². The molecule has 0 spiro atoms. The SMILES string of the molecule is O=C1Nc2cscc2NC1C1CC1. The van der Waals surface area contributed by atoms with Crippen molar-refractivity contribution < 1.29 is 4.79 Å². The minimum atomic E-state index is 0.0158. The van der Waals surface area contributed by atoms with Gasteiger partial charge in [-0.3, -0.25) is 4.79 Å². The number of hydrogen-bond donors (Lipinski definition) is 2. The largest absolute Gasteiger partial charge is 0.371 e. The first-order valence-corrected chi connectivity index (χ1v) is 5.42. The van der Waals surface area contributed by atoms with Crippen LogP contribution in [0.1, 0.15) is 12.8 Å². The highest BCUT2D eigenvalue weighted by Crippen LogP contribution is 2.39. The molecule has 1 amide bonds. The Morgan fingerprint density at radius 1 is 1.31 bits per heavy atom. The first-order chi connectivity index (χ1) is 6.34. The quantitative estimate of drug-likeness (QED) is 0.716. The van der Waals surface area contributed by atoms with Crippen molar-refractivity contribution in [2.24, 2.45) is 5.92 Å². The van der Waals surface area contributed by atoms with E-state index >= 15 is 0 Å². The summed E-state index contributed by atoms with van der Waals surface area (Å²) in [4.78, 5) is 11.6. The van der Waals surface area contributed by atoms with Gasteiger partial charge < -0.3 is 10.6 Å². The Kier molecular flexibility index (Phi) is 1.41. The molecular weight excluding hydrogens is 184 g/mol. The molecule has 1 fully saturated rings. The lowest BCUT2D eigenvalue weighted by Crippen LogP contribution is -2.39. The molecule has 1 aliphatic heterocycles. The fourth-order valence-corrected chi connectivity index (χ4v) is 2.43. The zero-order valence-corrected chi connectivity index (χ0v) is 7.86. The fraction of sp³-hybridized carbons (Fsp3) is 0.444. The van der Waals surface area contributed by atoms with E-state index in [2.05, 4.69) is 10.6 Å². The van der Waals surface area contributed by atoms with E-state index in [4.69, 9.17) is 0 Å². The monoisotopic (exact) mass is 194 g/mol. The number of nitrogens with one attached hydrogen (secondary N) is 2. The first kappa shape index (κ1) is 7.38. The third-order valence-electron chi connectivity index (χ3n) is 2.61. The minimum Gasteiger partial charge on any atom is -0.371 e. The molecule has 2 heterocycles. The van der Waals surface area contributed by atoms with Crippen LogP contribution in [0, 0.1) is 5.92 Å². The van der Waals surface area contributed by atoms with E-state index in [0.29, 0.717) is 5.92 Å². The van der Waals surface area contributed by atoms with Gasteiger partial charge in [0.25, 0.3) is 0 Å². The van der Waals surface area contributed by atoms with Gasteiger partial charge in [0.2, 0.25) is 5.91 Å². The molecule has 2 aliphatic rings. The molecule has 1 saturated carbocycles. The van der Waals surface area contributed by atoms with Gasteiger partial charge in [0.05, 0.1) is 11.4 Å². The van der Waals surface area contributed by atoms with Crippen LogP contribution in [0.2, 0.25) is 0 Å². The summed E-state index contributed by atoms with van der Waals surface area (Å²) < 4.78 is 0. The summed E-state index contributed by atoms with van der Waals surface area (Å²) in [7, 11) is 0. The van der Waals surface area contributed by atoms with Crippen LogP contribution >= 0.6 is 11.3 Å². The van der Waals surface area contributed by atoms with Crippen molar-refractivity contribution in [3.8, 4) is 0 Å². The average Bonchev–Trinajstić information content (AvgIpc) is 2.85. The van der Waals surface area contributed by atoms with Crippen molar-refractivity contribution >= 4 is 28.6 Å². The maximum atomic E-state index is 11.6. The van der Waals surface area contributed by atoms with E-state index in [-0.39, 0.29) is 11.9 Å². The highest BCUT2D eigenvalue weighted by Gasteiger charge is 2.38. The lowest BCUT2D eigenvalue weighted by molar-refractivity contribution is -0.117. The predicted molar refractivity (Wildman–Crippen MR) is 53.1 cm³/mol. The van der Waals surface area contributed by atoms with Crippen molar-refractivity contribution in [1.29, 1.82) is 0 Å². The van der Waals surface area contributed by atoms with Gasteiger partial charge in [-0.2, -0.15) is 0 Å². The normalized spacial score (nSPS) is 26.2. The molecule has 3 rings (SSSR count). The van der Waals surface area contributed by atoms with Crippen molar-refractivity contribution in [1.82, 2.24) is 0 Å². The topological polar surface area (TPSA) is 41.1 Å². The number of thiophene rings is 1. The predicted octanol–water partition coefficient (Wildman–Crippen LogP) is 1.89. The van der Waals surface area contributed by atoms with Gasteiger partial charge in [0, 0.05) is 10.8 Å². The summed E-state index contributed by atoms with van der Waals surface area (Å²) in [6.07, 6.45) is 2.37. The second kappa shape index (κ2) is 2.48. The van der Waals surface area contributed by atoms with E-state index in [0.717, 1.165) is 11.4 Å². The molecule has 1 atom stereocenters. The Morgan fingerprint density at radius 3 is 2.85 bits per heavy atom. The number of amides is 1. The highest BCUT2D eigenvalue weighted by molar-refractivity contribution is 7.09. The van der Waals surface area contributed by atoms with Crippen LogP contribution in [0.15, 0.2) is 10.8 Å². The van der Waals surface area contributed by atoms with Gasteiger partial charge in [-0.25, -0.2) is 0 Å². The molecule has 0 bridgehead atoms. The maximum Gasteiger partial charge on any atom is 0.247 e. The van der Waals surface area contributed by atoms with E-state index in [1.165, 1.54) is 12.8 Å². The van der Waals surface area contributed by atoms with Gasteiger partial charge in [0.1, 0.15) is 6.04 Å². The summed E-state index contributed by atoms with van der Waals surface area (Å²) in [5.74, 6) is 0.696. The van der Waals surface area contributed by atoms with Gasteiger partial charge in [-0.1, -0.05) is 0 Å². The van der Waals surface area contributed by atoms with Crippen molar-refractivity contribution in [3.63, 3.8) is 0 Å². The molecule has 0 radical (unpaired) electrons. The molecule has 1 aliphatic carbocycles. The molecule has 2 N–H and O–H groups in total. The third kappa shape index (κ3) is 1.13. The zero-order valence-electron chi connectivity index (χ0n) is 7.04. The van der Waals surface area contributed by atoms with E-state index < -0.39 is 0 Å². The summed E-state index contributed by atoms with van der Waals surface area (Å²) >= 11 is 1.61. The zero-order chi connectivity index (χ0) is 8.84. The second-order valence-electron chi connectivity index (χ2n) is 3.65. The number of anilines is 2. The van der Waals surface area contributed by atoms with E-state index in [9.17, 15) is 4.79 Å². The van der Waals surface area contributed by atoms with Gasteiger partial charge >= 0.3 is 0 Å². The maximum absolute atomic E-state index is 11.6. The van der Waals surface area contributed by atoms with Crippen LogP contribution < -0.4 is 10.6 Å². The number of rotatable bonds is 1. The second-order valence-corrected chi connectivity index (χ2v) is 4.39. The van der Waals surface area contributed by atoms with Gasteiger partial charge in [-0.05, 0) is 18.8 Å². The molecule has 0 aromatic carbocycles. The van der Waals surface area contributed by atoms with Crippen LogP contribution in [0.5, 0.6) is 0 Å². The van der Waals surface area contributed by atoms with E-state index in [1.807, 2.05) is 10.8 Å².